The molecular formula is C14H11Br2F2NO. The van der Waals surface area contributed by atoms with E-state index in [1.54, 1.807) is 19.1 Å². The first-order valence-corrected chi connectivity index (χ1v) is 7.34. The minimum absolute atomic E-state index is 0.0849. The first-order chi connectivity index (χ1) is 9.40. The smallest absolute Gasteiger partial charge is 0.152 e. The van der Waals surface area contributed by atoms with Crippen LogP contribution in [-0.2, 0) is 6.54 Å². The van der Waals surface area contributed by atoms with Crippen LogP contribution in [0.25, 0.3) is 0 Å². The number of nitrogens with one attached hydrogen (secondary N) is 1. The fourth-order valence-corrected chi connectivity index (χ4v) is 3.01. The lowest BCUT2D eigenvalue weighted by molar-refractivity contribution is 0.468. The second-order valence-electron chi connectivity index (χ2n) is 4.31. The maximum atomic E-state index is 13.8. The largest absolute Gasteiger partial charge is 0.506 e. The van der Waals surface area contributed by atoms with E-state index in [9.17, 15) is 13.9 Å². The molecule has 6 heteroatoms. The Labute approximate surface area is 132 Å². The number of benzene rings is 2. The van der Waals surface area contributed by atoms with E-state index in [2.05, 4.69) is 37.2 Å². The van der Waals surface area contributed by atoms with Gasteiger partial charge < -0.3 is 10.4 Å². The highest BCUT2D eigenvalue weighted by Gasteiger charge is 2.12. The van der Waals surface area contributed by atoms with Crippen molar-refractivity contribution in [3.8, 4) is 5.75 Å². The minimum Gasteiger partial charge on any atom is -0.506 e. The van der Waals surface area contributed by atoms with Crippen molar-refractivity contribution in [2.45, 2.75) is 13.5 Å². The third kappa shape index (κ3) is 3.12. The van der Waals surface area contributed by atoms with E-state index < -0.39 is 11.6 Å². The fourth-order valence-electron chi connectivity index (χ4n) is 1.73. The second-order valence-corrected chi connectivity index (χ2v) is 6.02. The molecule has 0 aliphatic carbocycles. The van der Waals surface area contributed by atoms with E-state index in [1.807, 2.05) is 0 Å². The summed E-state index contributed by atoms with van der Waals surface area (Å²) < 4.78 is 28.4. The Bertz CT molecular complexity index is 639. The molecule has 0 radical (unpaired) electrons. The summed E-state index contributed by atoms with van der Waals surface area (Å²) in [5.74, 6) is -1.14. The quantitative estimate of drug-likeness (QED) is 0.741. The van der Waals surface area contributed by atoms with Gasteiger partial charge >= 0.3 is 0 Å². The maximum absolute atomic E-state index is 13.8. The van der Waals surface area contributed by atoms with E-state index in [0.29, 0.717) is 14.5 Å². The third-order valence-corrected chi connectivity index (χ3v) is 4.04. The number of hydrogen-bond acceptors (Lipinski definition) is 2. The standard InChI is InChI=1S/C14H11Br2F2NO/c1-7-2-3-11(17)13(12(7)18)19-6-8-4-9(15)14(20)10(16)5-8/h2-5,19-20H,6H2,1H3. The summed E-state index contributed by atoms with van der Waals surface area (Å²) in [4.78, 5) is 0. The molecule has 0 amide bonds. The monoisotopic (exact) mass is 405 g/mol. The molecule has 0 saturated carbocycles. The molecule has 0 heterocycles. The molecule has 2 N–H and O–H groups in total. The molecule has 0 atom stereocenters. The Balaban J connectivity index is 2.24. The molecule has 0 unspecified atom stereocenters. The number of phenolic OH excluding ortho intramolecular Hbond substituents is 1. The Morgan fingerprint density at radius 1 is 1.15 bits per heavy atom. The van der Waals surface area contributed by atoms with Gasteiger partial charge in [-0.1, -0.05) is 6.07 Å². The first-order valence-electron chi connectivity index (χ1n) is 5.75. The molecular weight excluding hydrogens is 396 g/mol. The number of aryl methyl sites for hydroxylation is 1. The van der Waals surface area contributed by atoms with Crippen molar-refractivity contribution >= 4 is 37.5 Å². The van der Waals surface area contributed by atoms with Crippen LogP contribution in [0.15, 0.2) is 33.2 Å². The number of hydrogen-bond donors (Lipinski definition) is 2. The van der Waals surface area contributed by atoms with Crippen LogP contribution in [0.1, 0.15) is 11.1 Å². The summed E-state index contributed by atoms with van der Waals surface area (Å²) in [7, 11) is 0. The minimum atomic E-state index is -0.634. The third-order valence-electron chi connectivity index (χ3n) is 2.83. The summed E-state index contributed by atoms with van der Waals surface area (Å²) in [5.41, 5.74) is 0.995. The normalized spacial score (nSPS) is 10.7. The maximum Gasteiger partial charge on any atom is 0.152 e. The Morgan fingerprint density at radius 2 is 1.75 bits per heavy atom. The van der Waals surface area contributed by atoms with Crippen LogP contribution in [-0.4, -0.2) is 5.11 Å². The number of rotatable bonds is 3. The molecule has 2 rings (SSSR count). The van der Waals surface area contributed by atoms with Gasteiger partial charge in [0, 0.05) is 6.54 Å². The summed E-state index contributed by atoms with van der Waals surface area (Å²) in [6.45, 7) is 1.81. The number of halogens is 4. The zero-order valence-electron chi connectivity index (χ0n) is 10.5. The molecule has 2 nitrogen and oxygen atoms in total. The molecule has 20 heavy (non-hydrogen) atoms. The summed E-state index contributed by atoms with van der Waals surface area (Å²) in [5, 5.41) is 12.3. The van der Waals surface area contributed by atoms with Gasteiger partial charge in [0.15, 0.2) is 5.82 Å². The molecule has 0 fully saturated rings. The van der Waals surface area contributed by atoms with Crippen molar-refractivity contribution in [3.63, 3.8) is 0 Å². The van der Waals surface area contributed by atoms with Crippen molar-refractivity contribution in [1.29, 1.82) is 0 Å². The van der Waals surface area contributed by atoms with Crippen LogP contribution >= 0.6 is 31.9 Å². The predicted molar refractivity (Wildman–Crippen MR) is 81.9 cm³/mol. The zero-order chi connectivity index (χ0) is 14.9. The molecule has 2 aromatic rings. The van der Waals surface area contributed by atoms with Crippen LogP contribution in [0.5, 0.6) is 5.75 Å². The van der Waals surface area contributed by atoms with Gasteiger partial charge in [0.25, 0.3) is 0 Å². The molecule has 0 saturated heterocycles. The van der Waals surface area contributed by atoms with Gasteiger partial charge in [0.1, 0.15) is 17.3 Å². The second kappa shape index (κ2) is 6.10. The van der Waals surface area contributed by atoms with Gasteiger partial charge in [-0.25, -0.2) is 8.78 Å². The lowest BCUT2D eigenvalue weighted by atomic mass is 10.1. The van der Waals surface area contributed by atoms with Crippen LogP contribution in [0.3, 0.4) is 0 Å². The van der Waals surface area contributed by atoms with Crippen LogP contribution < -0.4 is 5.32 Å². The molecule has 0 bridgehead atoms. The SMILES string of the molecule is Cc1ccc(F)c(NCc2cc(Br)c(O)c(Br)c2)c1F. The molecule has 0 aliphatic heterocycles. The lowest BCUT2D eigenvalue weighted by Gasteiger charge is -2.11. The van der Waals surface area contributed by atoms with E-state index in [1.165, 1.54) is 12.1 Å². The number of aromatic hydroxyl groups is 1. The van der Waals surface area contributed by atoms with Gasteiger partial charge in [0.2, 0.25) is 0 Å². The first kappa shape index (κ1) is 15.3. The number of anilines is 1. The van der Waals surface area contributed by atoms with Crippen molar-refractivity contribution in [2.24, 2.45) is 0 Å². The molecule has 0 spiro atoms. The van der Waals surface area contributed by atoms with E-state index >= 15 is 0 Å². The lowest BCUT2D eigenvalue weighted by Crippen LogP contribution is -2.05. The Morgan fingerprint density at radius 3 is 2.35 bits per heavy atom. The topological polar surface area (TPSA) is 32.3 Å². The average Bonchev–Trinajstić information content (AvgIpc) is 2.40. The van der Waals surface area contributed by atoms with Crippen molar-refractivity contribution < 1.29 is 13.9 Å². The van der Waals surface area contributed by atoms with Gasteiger partial charge in [-0.2, -0.15) is 0 Å². The van der Waals surface area contributed by atoms with Crippen LogP contribution in [0, 0.1) is 18.6 Å². The molecule has 0 aromatic heterocycles. The molecule has 2 aromatic carbocycles. The van der Waals surface area contributed by atoms with E-state index in [0.717, 1.165) is 5.56 Å². The summed E-state index contributed by atoms with van der Waals surface area (Å²) in [6.07, 6.45) is 0. The molecule has 106 valence electrons. The van der Waals surface area contributed by atoms with Crippen molar-refractivity contribution in [1.82, 2.24) is 0 Å². The Kier molecular flexibility index (Phi) is 4.65. The highest BCUT2D eigenvalue weighted by atomic mass is 79.9. The van der Waals surface area contributed by atoms with Gasteiger partial charge in [-0.05, 0) is 68.1 Å². The van der Waals surface area contributed by atoms with Crippen LogP contribution in [0.4, 0.5) is 14.5 Å². The van der Waals surface area contributed by atoms with Crippen molar-refractivity contribution in [2.75, 3.05) is 5.32 Å². The van der Waals surface area contributed by atoms with Gasteiger partial charge in [0.05, 0.1) is 8.95 Å². The van der Waals surface area contributed by atoms with Crippen LogP contribution in [0.2, 0.25) is 0 Å². The zero-order valence-corrected chi connectivity index (χ0v) is 13.6. The fraction of sp³-hybridized carbons (Fsp3) is 0.143. The Hall–Kier alpha value is -1.14. The van der Waals surface area contributed by atoms with E-state index in [-0.39, 0.29) is 18.0 Å². The van der Waals surface area contributed by atoms with Gasteiger partial charge in [-0.3, -0.25) is 0 Å². The molecule has 0 aliphatic rings. The van der Waals surface area contributed by atoms with Gasteiger partial charge in [-0.15, -0.1) is 0 Å². The van der Waals surface area contributed by atoms with Crippen molar-refractivity contribution in [3.05, 3.63) is 56.0 Å². The number of phenols is 1. The summed E-state index contributed by atoms with van der Waals surface area (Å²) >= 11 is 6.42. The summed E-state index contributed by atoms with van der Waals surface area (Å²) in [6, 6.07) is 5.98. The average molecular weight is 407 g/mol. The highest BCUT2D eigenvalue weighted by molar-refractivity contribution is 9.11. The predicted octanol–water partition coefficient (Wildman–Crippen LogP) is 5.12. The highest BCUT2D eigenvalue weighted by Crippen LogP contribution is 2.33. The van der Waals surface area contributed by atoms with E-state index in [4.69, 9.17) is 0 Å².